The Morgan fingerprint density at radius 2 is 1.93 bits per heavy atom. The van der Waals surface area contributed by atoms with Crippen molar-refractivity contribution < 1.29 is 4.79 Å². The normalized spacial score (nSPS) is 12.3. The van der Waals surface area contributed by atoms with Crippen molar-refractivity contribution >= 4 is 5.78 Å². The molecule has 2 heteroatoms. The second-order valence-electron chi connectivity index (χ2n) is 4.46. The number of allylic oxidation sites excluding steroid dienone is 2. The Bertz CT molecular complexity index is 199. The van der Waals surface area contributed by atoms with Gasteiger partial charge in [0.2, 0.25) is 0 Å². The summed E-state index contributed by atoms with van der Waals surface area (Å²) in [7, 11) is 0. The molecule has 0 aliphatic carbocycles. The third-order valence-electron chi connectivity index (χ3n) is 2.52. The lowest BCUT2D eigenvalue weighted by molar-refractivity contribution is -0.114. The number of carbonyl (C=O) groups is 1. The van der Waals surface area contributed by atoms with Crippen LogP contribution in [0.4, 0.5) is 0 Å². The Balaban J connectivity index is 3.87. The van der Waals surface area contributed by atoms with E-state index in [2.05, 4.69) is 6.92 Å². The molecule has 0 bridgehead atoms. The van der Waals surface area contributed by atoms with Crippen molar-refractivity contribution in [2.24, 2.45) is 11.7 Å². The summed E-state index contributed by atoms with van der Waals surface area (Å²) < 4.78 is 0. The van der Waals surface area contributed by atoms with Gasteiger partial charge in [0.1, 0.15) is 0 Å². The molecule has 0 radical (unpaired) electrons. The van der Waals surface area contributed by atoms with Crippen molar-refractivity contribution in [1.29, 1.82) is 0 Å². The Labute approximate surface area is 93.9 Å². The summed E-state index contributed by atoms with van der Waals surface area (Å²) >= 11 is 0. The molecule has 0 aromatic carbocycles. The van der Waals surface area contributed by atoms with Gasteiger partial charge < -0.3 is 5.73 Å². The van der Waals surface area contributed by atoms with Crippen LogP contribution in [0.15, 0.2) is 11.6 Å². The van der Waals surface area contributed by atoms with E-state index in [9.17, 15) is 4.79 Å². The molecule has 0 amide bonds. The maximum Gasteiger partial charge on any atom is 0.155 e. The van der Waals surface area contributed by atoms with Gasteiger partial charge in [-0.05, 0) is 45.2 Å². The van der Waals surface area contributed by atoms with Crippen LogP contribution in [0.25, 0.3) is 0 Å². The first-order valence-corrected chi connectivity index (χ1v) is 5.98. The number of rotatable bonds is 8. The average Bonchev–Trinajstić information content (AvgIpc) is 2.14. The van der Waals surface area contributed by atoms with E-state index in [0.29, 0.717) is 12.3 Å². The largest absolute Gasteiger partial charge is 0.330 e. The topological polar surface area (TPSA) is 43.1 Å². The van der Waals surface area contributed by atoms with Crippen molar-refractivity contribution in [1.82, 2.24) is 0 Å². The highest BCUT2D eigenvalue weighted by Crippen LogP contribution is 2.17. The second kappa shape index (κ2) is 8.66. The van der Waals surface area contributed by atoms with E-state index in [1.54, 1.807) is 6.08 Å². The molecule has 0 aromatic heterocycles. The second-order valence-corrected chi connectivity index (χ2v) is 4.46. The van der Waals surface area contributed by atoms with Gasteiger partial charge in [-0.2, -0.15) is 0 Å². The van der Waals surface area contributed by atoms with Gasteiger partial charge in [-0.3, -0.25) is 4.79 Å². The summed E-state index contributed by atoms with van der Waals surface area (Å²) in [4.78, 5) is 11.5. The summed E-state index contributed by atoms with van der Waals surface area (Å²) in [5, 5.41) is 0. The smallest absolute Gasteiger partial charge is 0.155 e. The number of hydrogen-bond acceptors (Lipinski definition) is 2. The summed E-state index contributed by atoms with van der Waals surface area (Å²) in [5.41, 5.74) is 6.64. The first-order valence-electron chi connectivity index (χ1n) is 5.98. The van der Waals surface area contributed by atoms with Crippen LogP contribution >= 0.6 is 0 Å². The van der Waals surface area contributed by atoms with E-state index in [4.69, 9.17) is 5.73 Å². The summed E-state index contributed by atoms with van der Waals surface area (Å²) in [6.45, 7) is 6.84. The summed E-state index contributed by atoms with van der Waals surface area (Å²) in [6, 6.07) is 0. The molecule has 1 unspecified atom stereocenters. The van der Waals surface area contributed by atoms with Crippen molar-refractivity contribution in [2.75, 3.05) is 6.54 Å². The fourth-order valence-electron chi connectivity index (χ4n) is 1.82. The minimum Gasteiger partial charge on any atom is -0.330 e. The van der Waals surface area contributed by atoms with Crippen LogP contribution in [-0.4, -0.2) is 12.3 Å². The zero-order valence-electron chi connectivity index (χ0n) is 10.4. The highest BCUT2D eigenvalue weighted by atomic mass is 16.1. The Morgan fingerprint density at radius 3 is 2.40 bits per heavy atom. The zero-order valence-corrected chi connectivity index (χ0v) is 10.4. The molecule has 1 atom stereocenters. The molecule has 0 spiro atoms. The van der Waals surface area contributed by atoms with E-state index in [0.717, 1.165) is 25.0 Å². The molecule has 0 aliphatic rings. The zero-order chi connectivity index (χ0) is 11.7. The monoisotopic (exact) mass is 211 g/mol. The Hall–Kier alpha value is -0.630. The fraction of sp³-hybridized carbons (Fsp3) is 0.769. The highest BCUT2D eigenvalue weighted by Gasteiger charge is 2.08. The van der Waals surface area contributed by atoms with Gasteiger partial charge >= 0.3 is 0 Å². The van der Waals surface area contributed by atoms with Crippen molar-refractivity contribution in [3.63, 3.8) is 0 Å². The number of hydrogen-bond donors (Lipinski definition) is 1. The molecular formula is C13H25NO. The SMILES string of the molecule is CCCC(CCN)CCC(=O)C=C(C)C. The van der Waals surface area contributed by atoms with Crippen LogP contribution in [-0.2, 0) is 4.79 Å². The van der Waals surface area contributed by atoms with Gasteiger partial charge in [0.25, 0.3) is 0 Å². The van der Waals surface area contributed by atoms with E-state index in [1.807, 2.05) is 13.8 Å². The van der Waals surface area contributed by atoms with Gasteiger partial charge in [-0.15, -0.1) is 0 Å². The standard InChI is InChI=1S/C13H25NO/c1-4-5-12(8-9-14)6-7-13(15)10-11(2)3/h10,12H,4-9,14H2,1-3H3. The van der Waals surface area contributed by atoms with Crippen LogP contribution in [0.1, 0.15) is 52.9 Å². The van der Waals surface area contributed by atoms with E-state index >= 15 is 0 Å². The molecule has 0 saturated carbocycles. The molecule has 2 nitrogen and oxygen atoms in total. The molecule has 0 fully saturated rings. The number of nitrogens with two attached hydrogens (primary N) is 1. The van der Waals surface area contributed by atoms with E-state index in [1.165, 1.54) is 12.8 Å². The third kappa shape index (κ3) is 8.37. The minimum atomic E-state index is 0.258. The van der Waals surface area contributed by atoms with Crippen LogP contribution in [0.3, 0.4) is 0 Å². The lowest BCUT2D eigenvalue weighted by Crippen LogP contribution is -2.10. The maximum atomic E-state index is 11.5. The van der Waals surface area contributed by atoms with Crippen LogP contribution < -0.4 is 5.73 Å². The molecule has 0 rings (SSSR count). The minimum absolute atomic E-state index is 0.258. The van der Waals surface area contributed by atoms with Crippen LogP contribution in [0.2, 0.25) is 0 Å². The van der Waals surface area contributed by atoms with Crippen molar-refractivity contribution in [3.8, 4) is 0 Å². The van der Waals surface area contributed by atoms with Crippen molar-refractivity contribution in [2.45, 2.75) is 52.9 Å². The summed E-state index contributed by atoms with van der Waals surface area (Å²) in [6.07, 6.45) is 6.84. The number of carbonyl (C=O) groups excluding carboxylic acids is 1. The van der Waals surface area contributed by atoms with Crippen molar-refractivity contribution in [3.05, 3.63) is 11.6 Å². The number of ketones is 1. The first kappa shape index (κ1) is 14.4. The molecule has 0 aliphatic heterocycles. The average molecular weight is 211 g/mol. The Morgan fingerprint density at radius 1 is 1.27 bits per heavy atom. The molecule has 0 saturated heterocycles. The quantitative estimate of drug-likeness (QED) is 0.627. The van der Waals surface area contributed by atoms with Gasteiger partial charge in [0, 0.05) is 6.42 Å². The fourth-order valence-corrected chi connectivity index (χ4v) is 1.82. The summed E-state index contributed by atoms with van der Waals surface area (Å²) in [5.74, 6) is 0.891. The predicted octanol–water partition coefficient (Wildman–Crippen LogP) is 3.07. The van der Waals surface area contributed by atoms with Gasteiger partial charge in [0.05, 0.1) is 0 Å². The third-order valence-corrected chi connectivity index (χ3v) is 2.52. The molecule has 15 heavy (non-hydrogen) atoms. The molecule has 0 heterocycles. The van der Waals surface area contributed by atoms with Gasteiger partial charge in [0.15, 0.2) is 5.78 Å². The van der Waals surface area contributed by atoms with Crippen LogP contribution in [0, 0.1) is 5.92 Å². The lowest BCUT2D eigenvalue weighted by atomic mass is 9.93. The van der Waals surface area contributed by atoms with Gasteiger partial charge in [-0.1, -0.05) is 25.3 Å². The Kier molecular flexibility index (Phi) is 8.30. The first-order chi connectivity index (χ1) is 7.10. The lowest BCUT2D eigenvalue weighted by Gasteiger charge is -2.13. The molecule has 2 N–H and O–H groups in total. The molecule has 88 valence electrons. The molecule has 0 aromatic rings. The molecular weight excluding hydrogens is 186 g/mol. The predicted molar refractivity (Wildman–Crippen MR) is 65.7 cm³/mol. The maximum absolute atomic E-state index is 11.5. The van der Waals surface area contributed by atoms with Crippen LogP contribution in [0.5, 0.6) is 0 Å². The van der Waals surface area contributed by atoms with Gasteiger partial charge in [-0.25, -0.2) is 0 Å². The highest BCUT2D eigenvalue weighted by molar-refractivity contribution is 5.90. The van der Waals surface area contributed by atoms with E-state index < -0.39 is 0 Å². The van der Waals surface area contributed by atoms with E-state index in [-0.39, 0.29) is 5.78 Å².